The summed E-state index contributed by atoms with van der Waals surface area (Å²) in [5, 5.41) is 0. The Labute approximate surface area is 216 Å². The quantitative estimate of drug-likeness (QED) is 0.291. The normalized spacial score (nSPS) is 18.4. The molecular formula is C27H37FN8O. The Morgan fingerprint density at radius 3 is 2.78 bits per heavy atom. The van der Waals surface area contributed by atoms with Crippen molar-refractivity contribution in [3.63, 3.8) is 0 Å². The molecule has 1 fully saturated rings. The lowest BCUT2D eigenvalue weighted by atomic mass is 10.0. The molecule has 5 rings (SSSR count). The Morgan fingerprint density at radius 2 is 2.00 bits per heavy atom. The number of nitrogens with two attached hydrogens (primary N) is 1. The molecule has 198 valence electrons. The Kier molecular flexibility index (Phi) is 7.39. The maximum atomic E-state index is 14.3. The van der Waals surface area contributed by atoms with Gasteiger partial charge in [-0.05, 0) is 63.6 Å². The predicted molar refractivity (Wildman–Crippen MR) is 143 cm³/mol. The van der Waals surface area contributed by atoms with Crippen molar-refractivity contribution in [1.82, 2.24) is 34.4 Å². The van der Waals surface area contributed by atoms with Crippen LogP contribution in [0.2, 0.25) is 0 Å². The highest BCUT2D eigenvalue weighted by Gasteiger charge is 2.30. The average molecular weight is 509 g/mol. The molecule has 0 bridgehead atoms. The number of benzene rings is 1. The number of hydrogen-bond donors (Lipinski definition) is 2. The van der Waals surface area contributed by atoms with Crippen LogP contribution in [-0.2, 0) is 11.2 Å². The minimum absolute atomic E-state index is 0.0903. The Balaban J connectivity index is 1.13. The van der Waals surface area contributed by atoms with Crippen molar-refractivity contribution in [3.05, 3.63) is 42.0 Å². The van der Waals surface area contributed by atoms with Gasteiger partial charge in [-0.25, -0.2) is 24.3 Å². The molecule has 0 saturated carbocycles. The van der Waals surface area contributed by atoms with Crippen molar-refractivity contribution in [2.24, 2.45) is 0 Å². The number of aryl methyl sites for hydroxylation is 1. The number of ether oxygens (including phenoxy) is 1. The molecule has 4 aromatic rings. The first-order valence-corrected chi connectivity index (χ1v) is 13.3. The van der Waals surface area contributed by atoms with Crippen LogP contribution in [-0.4, -0.2) is 59.6 Å². The first-order chi connectivity index (χ1) is 17.8. The number of imidazole rings is 2. The van der Waals surface area contributed by atoms with Crippen LogP contribution in [0.1, 0.15) is 76.9 Å². The van der Waals surface area contributed by atoms with Gasteiger partial charge in [0.1, 0.15) is 29.7 Å². The second-order valence-electron chi connectivity index (χ2n) is 10.6. The molecule has 1 aliphatic rings. The second-order valence-corrected chi connectivity index (χ2v) is 10.6. The molecule has 3 N–H and O–H groups in total. The van der Waals surface area contributed by atoms with Crippen molar-refractivity contribution in [3.8, 4) is 0 Å². The van der Waals surface area contributed by atoms with E-state index in [9.17, 15) is 4.39 Å². The zero-order chi connectivity index (χ0) is 26.1. The lowest BCUT2D eigenvalue weighted by Gasteiger charge is -2.29. The van der Waals surface area contributed by atoms with Gasteiger partial charge >= 0.3 is 0 Å². The summed E-state index contributed by atoms with van der Waals surface area (Å²) in [7, 11) is 0. The molecule has 4 heterocycles. The van der Waals surface area contributed by atoms with Gasteiger partial charge in [0.05, 0.1) is 23.5 Å². The number of anilines is 1. The molecule has 0 aliphatic carbocycles. The number of hydrogen-bond acceptors (Lipinski definition) is 7. The SMILES string of the molecule is CC(C)c1cc2[nH]c(CCCCN(CC3CCC(n4cnc5c(N)ncnc54)O3)C(C)C)nc2cc1F. The molecule has 2 unspecified atom stereocenters. The van der Waals surface area contributed by atoms with Crippen molar-refractivity contribution in [1.29, 1.82) is 0 Å². The number of nitrogens with one attached hydrogen (secondary N) is 1. The monoisotopic (exact) mass is 508 g/mol. The highest BCUT2D eigenvalue weighted by molar-refractivity contribution is 5.81. The molecule has 2 atom stereocenters. The van der Waals surface area contributed by atoms with E-state index in [4.69, 9.17) is 10.5 Å². The molecule has 0 amide bonds. The summed E-state index contributed by atoms with van der Waals surface area (Å²) in [6.07, 6.45) is 8.10. The van der Waals surface area contributed by atoms with Crippen LogP contribution in [0.5, 0.6) is 0 Å². The highest BCUT2D eigenvalue weighted by atomic mass is 19.1. The summed E-state index contributed by atoms with van der Waals surface area (Å²) >= 11 is 0. The molecule has 3 aromatic heterocycles. The first kappa shape index (κ1) is 25.5. The summed E-state index contributed by atoms with van der Waals surface area (Å²) in [5.41, 5.74) is 9.61. The molecule has 0 spiro atoms. The number of halogens is 1. The van der Waals surface area contributed by atoms with Gasteiger partial charge in [0, 0.05) is 25.1 Å². The van der Waals surface area contributed by atoms with Gasteiger partial charge in [0.25, 0.3) is 0 Å². The van der Waals surface area contributed by atoms with Crippen LogP contribution >= 0.6 is 0 Å². The van der Waals surface area contributed by atoms with Crippen LogP contribution in [0.4, 0.5) is 10.2 Å². The number of aromatic nitrogens is 6. The summed E-state index contributed by atoms with van der Waals surface area (Å²) in [4.78, 5) is 23.2. The molecule has 1 saturated heterocycles. The zero-order valence-electron chi connectivity index (χ0n) is 22.1. The van der Waals surface area contributed by atoms with Crippen molar-refractivity contribution in [2.75, 3.05) is 18.8 Å². The topological polar surface area (TPSA) is 111 Å². The third-order valence-electron chi connectivity index (χ3n) is 7.33. The third kappa shape index (κ3) is 5.45. The van der Waals surface area contributed by atoms with E-state index < -0.39 is 0 Å². The third-order valence-corrected chi connectivity index (χ3v) is 7.33. The summed E-state index contributed by atoms with van der Waals surface area (Å²) in [6, 6.07) is 3.87. The van der Waals surface area contributed by atoms with E-state index in [2.05, 4.69) is 43.7 Å². The summed E-state index contributed by atoms with van der Waals surface area (Å²) in [6.45, 7) is 10.4. The lowest BCUT2D eigenvalue weighted by Crippen LogP contribution is -2.38. The molecule has 0 radical (unpaired) electrons. The Bertz CT molecular complexity index is 1360. The van der Waals surface area contributed by atoms with E-state index in [0.717, 1.165) is 62.1 Å². The molecule has 9 nitrogen and oxygen atoms in total. The fraction of sp³-hybridized carbons (Fsp3) is 0.556. The molecule has 37 heavy (non-hydrogen) atoms. The van der Waals surface area contributed by atoms with E-state index in [-0.39, 0.29) is 24.1 Å². The number of nitrogens with zero attached hydrogens (tertiary/aromatic N) is 6. The summed E-state index contributed by atoms with van der Waals surface area (Å²) in [5.74, 6) is 1.28. The fourth-order valence-corrected chi connectivity index (χ4v) is 5.20. The second kappa shape index (κ2) is 10.7. The number of fused-ring (bicyclic) bond motifs is 2. The number of aromatic amines is 1. The molecule has 10 heteroatoms. The van der Waals surface area contributed by atoms with Gasteiger partial charge in [-0.1, -0.05) is 13.8 Å². The molecule has 1 aliphatic heterocycles. The summed E-state index contributed by atoms with van der Waals surface area (Å²) < 4.78 is 22.7. The predicted octanol–water partition coefficient (Wildman–Crippen LogP) is 4.96. The van der Waals surface area contributed by atoms with Gasteiger partial charge in [-0.2, -0.15) is 0 Å². The van der Waals surface area contributed by atoms with Gasteiger partial charge in [-0.15, -0.1) is 0 Å². The Hall–Kier alpha value is -3.11. The minimum Gasteiger partial charge on any atom is -0.382 e. The van der Waals surface area contributed by atoms with Crippen LogP contribution in [0, 0.1) is 5.82 Å². The standard InChI is InChI=1S/C27H37FN8O/c1-16(2)19-11-21-22(12-20(19)28)34-23(33-21)7-5-6-10-35(17(3)4)13-18-8-9-24(37-18)36-15-32-25-26(29)30-14-31-27(25)36/h11-12,14-18,24H,5-10,13H2,1-4H3,(H,33,34)(H2,29,30,31). The number of rotatable bonds is 10. The van der Waals surface area contributed by atoms with Crippen LogP contribution in [0.25, 0.3) is 22.2 Å². The lowest BCUT2D eigenvalue weighted by molar-refractivity contribution is -0.0160. The maximum absolute atomic E-state index is 14.3. The van der Waals surface area contributed by atoms with Crippen molar-refractivity contribution >= 4 is 28.0 Å². The van der Waals surface area contributed by atoms with E-state index in [1.165, 1.54) is 6.33 Å². The van der Waals surface area contributed by atoms with Gasteiger partial charge in [0.15, 0.2) is 11.5 Å². The van der Waals surface area contributed by atoms with E-state index in [1.54, 1.807) is 12.4 Å². The van der Waals surface area contributed by atoms with E-state index in [0.29, 0.717) is 28.5 Å². The van der Waals surface area contributed by atoms with Crippen molar-refractivity contribution < 1.29 is 9.13 Å². The molecule has 1 aromatic carbocycles. The first-order valence-electron chi connectivity index (χ1n) is 13.3. The minimum atomic E-state index is -0.178. The van der Waals surface area contributed by atoms with Gasteiger partial charge in [0.2, 0.25) is 0 Å². The number of unbranched alkanes of at least 4 members (excludes halogenated alkanes) is 1. The average Bonchev–Trinajstić information content (AvgIpc) is 3.58. The molecular weight excluding hydrogens is 471 g/mol. The van der Waals surface area contributed by atoms with Gasteiger partial charge < -0.3 is 15.5 Å². The van der Waals surface area contributed by atoms with Crippen LogP contribution < -0.4 is 5.73 Å². The van der Waals surface area contributed by atoms with Gasteiger partial charge in [-0.3, -0.25) is 9.47 Å². The largest absolute Gasteiger partial charge is 0.382 e. The van der Waals surface area contributed by atoms with E-state index >= 15 is 0 Å². The smallest absolute Gasteiger partial charge is 0.167 e. The highest BCUT2D eigenvalue weighted by Crippen LogP contribution is 2.31. The zero-order valence-corrected chi connectivity index (χ0v) is 22.1. The Morgan fingerprint density at radius 1 is 1.16 bits per heavy atom. The van der Waals surface area contributed by atoms with Crippen LogP contribution in [0.3, 0.4) is 0 Å². The number of H-pyrrole nitrogens is 1. The number of nitrogen functional groups attached to an aromatic ring is 1. The maximum Gasteiger partial charge on any atom is 0.167 e. The van der Waals surface area contributed by atoms with Crippen molar-refractivity contribution in [2.45, 2.75) is 84.1 Å². The van der Waals surface area contributed by atoms with Crippen LogP contribution in [0.15, 0.2) is 24.8 Å². The van der Waals surface area contributed by atoms with E-state index in [1.807, 2.05) is 24.5 Å². The fourth-order valence-electron chi connectivity index (χ4n) is 5.20.